The van der Waals surface area contributed by atoms with Crippen LogP contribution in [0.2, 0.25) is 0 Å². The van der Waals surface area contributed by atoms with Gasteiger partial charge in [0.25, 0.3) is 0 Å². The summed E-state index contributed by atoms with van der Waals surface area (Å²) in [7, 11) is 3.21. The van der Waals surface area contributed by atoms with Crippen LogP contribution < -0.4 is 25.4 Å². The SMILES string of the molecule is COCCOc1ccc(C(C)NC(=O)CCCNC(=O)NC2CCCCC2)cc1OC. The van der Waals surface area contributed by atoms with E-state index in [1.54, 1.807) is 14.2 Å². The number of carbonyl (C=O) groups is 2. The van der Waals surface area contributed by atoms with Crippen LogP contribution in [0.1, 0.15) is 63.5 Å². The lowest BCUT2D eigenvalue weighted by Crippen LogP contribution is -2.43. The highest BCUT2D eigenvalue weighted by atomic mass is 16.5. The van der Waals surface area contributed by atoms with Crippen molar-refractivity contribution in [2.24, 2.45) is 0 Å². The van der Waals surface area contributed by atoms with Crippen LogP contribution in [-0.4, -0.2) is 52.0 Å². The zero-order chi connectivity index (χ0) is 22.5. The van der Waals surface area contributed by atoms with Crippen LogP contribution in [0.3, 0.4) is 0 Å². The zero-order valence-electron chi connectivity index (χ0n) is 19.0. The van der Waals surface area contributed by atoms with Crippen molar-refractivity contribution in [1.29, 1.82) is 0 Å². The molecule has 0 bridgehead atoms. The van der Waals surface area contributed by atoms with E-state index in [1.807, 2.05) is 25.1 Å². The van der Waals surface area contributed by atoms with Gasteiger partial charge < -0.3 is 30.2 Å². The third-order valence-electron chi connectivity index (χ3n) is 5.42. The topological polar surface area (TPSA) is 97.9 Å². The number of hydrogen-bond donors (Lipinski definition) is 3. The number of urea groups is 1. The standard InChI is InChI=1S/C23H37N3O5/c1-17(18-11-12-20(21(16-18)30-3)31-15-14-29-2)25-22(27)10-7-13-24-23(28)26-19-8-5-4-6-9-19/h11-12,16-17,19H,4-10,13-15H2,1-3H3,(H,25,27)(H2,24,26,28). The van der Waals surface area contributed by atoms with Crippen molar-refractivity contribution in [1.82, 2.24) is 16.0 Å². The maximum atomic E-state index is 12.3. The minimum atomic E-state index is -0.169. The smallest absolute Gasteiger partial charge is 0.315 e. The molecule has 1 aromatic carbocycles. The van der Waals surface area contributed by atoms with E-state index in [-0.39, 0.29) is 24.0 Å². The predicted molar refractivity (Wildman–Crippen MR) is 120 cm³/mol. The molecule has 0 spiro atoms. The number of benzene rings is 1. The molecule has 0 aromatic heterocycles. The Morgan fingerprint density at radius 2 is 1.87 bits per heavy atom. The molecule has 0 saturated heterocycles. The van der Waals surface area contributed by atoms with Crippen LogP contribution >= 0.6 is 0 Å². The highest BCUT2D eigenvalue weighted by molar-refractivity contribution is 5.77. The van der Waals surface area contributed by atoms with Crippen molar-refractivity contribution in [2.45, 2.75) is 64.0 Å². The van der Waals surface area contributed by atoms with Crippen molar-refractivity contribution in [2.75, 3.05) is 34.0 Å². The molecular weight excluding hydrogens is 398 g/mol. The van der Waals surface area contributed by atoms with Crippen LogP contribution in [0.5, 0.6) is 11.5 Å². The van der Waals surface area contributed by atoms with Gasteiger partial charge in [0.05, 0.1) is 19.8 Å². The van der Waals surface area contributed by atoms with Gasteiger partial charge in [-0.15, -0.1) is 0 Å². The van der Waals surface area contributed by atoms with Gasteiger partial charge in [-0.05, 0) is 43.9 Å². The molecule has 1 saturated carbocycles. The predicted octanol–water partition coefficient (Wildman–Crippen LogP) is 3.31. The molecule has 2 rings (SSSR count). The lowest BCUT2D eigenvalue weighted by Gasteiger charge is -2.22. The number of hydrogen-bond acceptors (Lipinski definition) is 5. The summed E-state index contributed by atoms with van der Waals surface area (Å²) in [5, 5.41) is 8.84. The van der Waals surface area contributed by atoms with Crippen LogP contribution in [0.25, 0.3) is 0 Å². The Morgan fingerprint density at radius 1 is 1.10 bits per heavy atom. The zero-order valence-corrected chi connectivity index (χ0v) is 19.0. The molecule has 1 aromatic rings. The normalized spacial score (nSPS) is 15.1. The van der Waals surface area contributed by atoms with E-state index in [0.717, 1.165) is 18.4 Å². The first-order chi connectivity index (χ1) is 15.0. The van der Waals surface area contributed by atoms with Crippen LogP contribution in [0.4, 0.5) is 4.79 Å². The summed E-state index contributed by atoms with van der Waals surface area (Å²) >= 11 is 0. The number of methoxy groups -OCH3 is 2. The maximum Gasteiger partial charge on any atom is 0.315 e. The average Bonchev–Trinajstić information content (AvgIpc) is 2.77. The first-order valence-corrected chi connectivity index (χ1v) is 11.2. The fraction of sp³-hybridized carbons (Fsp3) is 0.652. The molecule has 1 aliphatic carbocycles. The van der Waals surface area contributed by atoms with E-state index in [0.29, 0.717) is 44.1 Å². The largest absolute Gasteiger partial charge is 0.493 e. The molecule has 3 N–H and O–H groups in total. The van der Waals surface area contributed by atoms with E-state index >= 15 is 0 Å². The highest BCUT2D eigenvalue weighted by Crippen LogP contribution is 2.30. The number of ether oxygens (including phenoxy) is 3. The second-order valence-electron chi connectivity index (χ2n) is 7.88. The summed E-state index contributed by atoms with van der Waals surface area (Å²) in [6, 6.07) is 5.59. The molecule has 3 amide bonds. The number of carbonyl (C=O) groups excluding carboxylic acids is 2. The van der Waals surface area contributed by atoms with Gasteiger partial charge in [0, 0.05) is 26.1 Å². The lowest BCUT2D eigenvalue weighted by atomic mass is 9.96. The Labute approximate surface area is 185 Å². The van der Waals surface area contributed by atoms with Crippen molar-refractivity contribution >= 4 is 11.9 Å². The molecule has 1 unspecified atom stereocenters. The third kappa shape index (κ3) is 9.04. The third-order valence-corrected chi connectivity index (χ3v) is 5.42. The van der Waals surface area contributed by atoms with Gasteiger partial charge in [-0.3, -0.25) is 4.79 Å². The molecule has 1 atom stereocenters. The number of rotatable bonds is 12. The first-order valence-electron chi connectivity index (χ1n) is 11.2. The average molecular weight is 436 g/mol. The van der Waals surface area contributed by atoms with Crippen molar-refractivity contribution in [3.8, 4) is 11.5 Å². The van der Waals surface area contributed by atoms with Gasteiger partial charge in [-0.25, -0.2) is 4.79 Å². The van der Waals surface area contributed by atoms with Crippen LogP contribution in [0, 0.1) is 0 Å². The van der Waals surface area contributed by atoms with E-state index in [4.69, 9.17) is 14.2 Å². The second-order valence-corrected chi connectivity index (χ2v) is 7.88. The second kappa shape index (κ2) is 13.7. The Bertz CT molecular complexity index is 692. The summed E-state index contributed by atoms with van der Waals surface area (Å²) in [5.41, 5.74) is 0.925. The minimum absolute atomic E-state index is 0.0543. The Morgan fingerprint density at radius 3 is 2.58 bits per heavy atom. The van der Waals surface area contributed by atoms with Crippen LogP contribution in [-0.2, 0) is 9.53 Å². The number of nitrogens with one attached hydrogen (secondary N) is 3. The Balaban J connectivity index is 1.69. The summed E-state index contributed by atoms with van der Waals surface area (Å²) in [6.45, 7) is 3.33. The Hall–Kier alpha value is -2.48. The first kappa shape index (κ1) is 24.8. The summed E-state index contributed by atoms with van der Waals surface area (Å²) < 4.78 is 16.0. The van der Waals surface area contributed by atoms with E-state index < -0.39 is 0 Å². The van der Waals surface area contributed by atoms with E-state index in [9.17, 15) is 9.59 Å². The highest BCUT2D eigenvalue weighted by Gasteiger charge is 2.16. The molecule has 1 aliphatic rings. The quantitative estimate of drug-likeness (QED) is 0.438. The molecule has 8 nitrogen and oxygen atoms in total. The summed E-state index contributed by atoms with van der Waals surface area (Å²) in [5.74, 6) is 1.20. The molecule has 0 radical (unpaired) electrons. The fourth-order valence-electron chi connectivity index (χ4n) is 3.64. The van der Waals surface area contributed by atoms with Crippen molar-refractivity contribution < 1.29 is 23.8 Å². The molecule has 8 heteroatoms. The molecule has 1 fully saturated rings. The lowest BCUT2D eigenvalue weighted by molar-refractivity contribution is -0.121. The van der Waals surface area contributed by atoms with Gasteiger partial charge in [0.2, 0.25) is 5.91 Å². The summed E-state index contributed by atoms with van der Waals surface area (Å²) in [4.78, 5) is 24.2. The molecule has 0 aliphatic heterocycles. The van der Waals surface area contributed by atoms with Crippen molar-refractivity contribution in [3.05, 3.63) is 23.8 Å². The molecule has 174 valence electrons. The number of amides is 3. The van der Waals surface area contributed by atoms with Gasteiger partial charge >= 0.3 is 6.03 Å². The van der Waals surface area contributed by atoms with Gasteiger partial charge in [-0.1, -0.05) is 25.3 Å². The van der Waals surface area contributed by atoms with Gasteiger partial charge in [0.15, 0.2) is 11.5 Å². The van der Waals surface area contributed by atoms with E-state index in [2.05, 4.69) is 16.0 Å². The minimum Gasteiger partial charge on any atom is -0.493 e. The van der Waals surface area contributed by atoms with E-state index in [1.165, 1.54) is 19.3 Å². The monoisotopic (exact) mass is 435 g/mol. The van der Waals surface area contributed by atoms with Crippen LogP contribution in [0.15, 0.2) is 18.2 Å². The fourth-order valence-corrected chi connectivity index (χ4v) is 3.64. The molecule has 31 heavy (non-hydrogen) atoms. The van der Waals surface area contributed by atoms with Gasteiger partial charge in [-0.2, -0.15) is 0 Å². The maximum absolute atomic E-state index is 12.3. The van der Waals surface area contributed by atoms with Gasteiger partial charge in [0.1, 0.15) is 6.61 Å². The summed E-state index contributed by atoms with van der Waals surface area (Å²) in [6.07, 6.45) is 6.66. The Kier molecular flexibility index (Phi) is 11.0. The molecule has 0 heterocycles. The molecular formula is C23H37N3O5. The van der Waals surface area contributed by atoms with Crippen molar-refractivity contribution in [3.63, 3.8) is 0 Å².